The summed E-state index contributed by atoms with van der Waals surface area (Å²) in [6, 6.07) is 5.64. The lowest BCUT2D eigenvalue weighted by atomic mass is 10.0. The van der Waals surface area contributed by atoms with Gasteiger partial charge >= 0.3 is 0 Å². The van der Waals surface area contributed by atoms with Gasteiger partial charge < -0.3 is 21.0 Å². The van der Waals surface area contributed by atoms with E-state index in [1.54, 1.807) is 24.3 Å². The van der Waals surface area contributed by atoms with Gasteiger partial charge in [0.2, 0.25) is 0 Å². The van der Waals surface area contributed by atoms with Crippen molar-refractivity contribution in [1.29, 1.82) is 0 Å². The first-order valence-electron chi connectivity index (χ1n) is 5.80. The van der Waals surface area contributed by atoms with E-state index in [4.69, 9.17) is 0 Å². The number of carboxylic acids is 1. The summed E-state index contributed by atoms with van der Waals surface area (Å²) in [5, 5.41) is 13.0. The van der Waals surface area contributed by atoms with Gasteiger partial charge in [-0.25, -0.2) is 0 Å². The van der Waals surface area contributed by atoms with Crippen LogP contribution in [0.5, 0.6) is 0 Å². The highest BCUT2D eigenvalue weighted by Gasteiger charge is 2.10. The van der Waals surface area contributed by atoms with Crippen LogP contribution in [0.4, 0.5) is 0 Å². The van der Waals surface area contributed by atoms with Crippen LogP contribution in [0.2, 0.25) is 0 Å². The fourth-order valence-electron chi connectivity index (χ4n) is 1.47. The smallest absolute Gasteiger partial charge is 0.251 e. The maximum Gasteiger partial charge on any atom is 0.251 e. The first-order valence-corrected chi connectivity index (χ1v) is 5.80. The molecule has 1 aromatic rings. The molecule has 19 heavy (non-hydrogen) atoms. The van der Waals surface area contributed by atoms with Crippen LogP contribution >= 0.6 is 0 Å². The molecular formula is C13H16N2O4. The number of quaternary nitrogens is 1. The first-order chi connectivity index (χ1) is 8.90. The first kappa shape index (κ1) is 14.8. The Morgan fingerprint density at radius 2 is 1.84 bits per heavy atom. The lowest BCUT2D eigenvalue weighted by Gasteiger charge is -2.09. The fourth-order valence-corrected chi connectivity index (χ4v) is 1.47. The van der Waals surface area contributed by atoms with Crippen LogP contribution in [0.25, 0.3) is 0 Å². The Balaban J connectivity index is 2.63. The molecule has 0 fully saturated rings. The number of benzene rings is 1. The summed E-state index contributed by atoms with van der Waals surface area (Å²) >= 11 is 0. The van der Waals surface area contributed by atoms with Crippen molar-refractivity contribution in [2.45, 2.75) is 19.4 Å². The summed E-state index contributed by atoms with van der Waals surface area (Å²) in [5.41, 5.74) is 4.63. The van der Waals surface area contributed by atoms with Crippen LogP contribution in [-0.2, 0) is 16.0 Å². The Morgan fingerprint density at radius 3 is 2.32 bits per heavy atom. The van der Waals surface area contributed by atoms with Gasteiger partial charge in [-0.3, -0.25) is 9.59 Å². The van der Waals surface area contributed by atoms with Crippen molar-refractivity contribution in [3.63, 3.8) is 0 Å². The third kappa shape index (κ3) is 4.89. The summed E-state index contributed by atoms with van der Waals surface area (Å²) in [6.07, 6.45) is 0.248. The summed E-state index contributed by atoms with van der Waals surface area (Å²) < 4.78 is 0. The minimum atomic E-state index is -1.21. The second kappa shape index (κ2) is 6.65. The van der Waals surface area contributed by atoms with Crippen molar-refractivity contribution in [1.82, 2.24) is 5.32 Å². The zero-order valence-electron chi connectivity index (χ0n) is 10.6. The molecule has 0 aromatic heterocycles. The van der Waals surface area contributed by atoms with Gasteiger partial charge in [-0.15, -0.1) is 0 Å². The molecule has 1 aromatic carbocycles. The van der Waals surface area contributed by atoms with Crippen LogP contribution in [0.15, 0.2) is 24.3 Å². The lowest BCUT2D eigenvalue weighted by molar-refractivity contribution is -0.437. The Labute approximate surface area is 110 Å². The van der Waals surface area contributed by atoms with E-state index in [0.717, 1.165) is 5.56 Å². The Kier molecular flexibility index (Phi) is 5.20. The minimum absolute atomic E-state index is 0.00772. The van der Waals surface area contributed by atoms with E-state index in [-0.39, 0.29) is 24.7 Å². The van der Waals surface area contributed by atoms with Gasteiger partial charge in [-0.1, -0.05) is 12.1 Å². The van der Waals surface area contributed by atoms with E-state index in [1.165, 1.54) is 6.92 Å². The monoisotopic (exact) mass is 264 g/mol. The van der Waals surface area contributed by atoms with Crippen LogP contribution in [0, 0.1) is 0 Å². The van der Waals surface area contributed by atoms with Gasteiger partial charge in [0.05, 0.1) is 12.5 Å². The predicted octanol–water partition coefficient (Wildman–Crippen LogP) is -2.09. The molecule has 0 spiro atoms. The Morgan fingerprint density at radius 1 is 1.26 bits per heavy atom. The minimum Gasteiger partial charge on any atom is -0.544 e. The average Bonchev–Trinajstić information content (AvgIpc) is 2.36. The van der Waals surface area contributed by atoms with Gasteiger partial charge in [-0.2, -0.15) is 0 Å². The largest absolute Gasteiger partial charge is 0.544 e. The number of hydrogen-bond donors (Lipinski definition) is 2. The van der Waals surface area contributed by atoms with Crippen LogP contribution in [0.1, 0.15) is 22.8 Å². The molecule has 1 amide bonds. The number of carbonyl (C=O) groups is 3. The van der Waals surface area contributed by atoms with E-state index in [1.807, 2.05) is 0 Å². The zero-order valence-corrected chi connectivity index (χ0v) is 10.6. The van der Waals surface area contributed by atoms with E-state index in [2.05, 4.69) is 11.1 Å². The maximum atomic E-state index is 11.6. The standard InChI is InChI=1S/C13H16N2O4/c1-8(16)7-15-12(17)10-4-2-9(3-5-10)6-11(14)13(18)19/h2-5,11H,6-7,14H2,1H3,(H,15,17)(H,18,19)/t11-/m0/s1. The van der Waals surface area contributed by atoms with Crippen LogP contribution in [0.3, 0.4) is 0 Å². The maximum absolute atomic E-state index is 11.6. The molecule has 0 aliphatic rings. The third-order valence-corrected chi connectivity index (χ3v) is 2.53. The molecule has 1 atom stereocenters. The summed E-state index contributed by atoms with van der Waals surface area (Å²) in [7, 11) is 0. The molecule has 1 rings (SSSR count). The van der Waals surface area contributed by atoms with E-state index in [0.29, 0.717) is 5.56 Å². The van der Waals surface area contributed by atoms with Gasteiger partial charge in [0, 0.05) is 12.0 Å². The number of Topliss-reactive ketones (excluding diaryl/α,β-unsaturated/α-hetero) is 1. The Hall–Kier alpha value is -2.21. The van der Waals surface area contributed by atoms with E-state index >= 15 is 0 Å². The van der Waals surface area contributed by atoms with Crippen molar-refractivity contribution in [2.75, 3.05) is 6.54 Å². The molecule has 0 saturated carbocycles. The molecule has 6 nitrogen and oxygen atoms in total. The van der Waals surface area contributed by atoms with E-state index < -0.39 is 12.0 Å². The third-order valence-electron chi connectivity index (χ3n) is 2.53. The number of amides is 1. The fraction of sp³-hybridized carbons (Fsp3) is 0.308. The molecule has 0 aliphatic carbocycles. The summed E-state index contributed by atoms with van der Waals surface area (Å²) in [6.45, 7) is 1.38. The molecular weight excluding hydrogens is 248 g/mol. The topological polar surface area (TPSA) is 114 Å². The van der Waals surface area contributed by atoms with Gasteiger partial charge in [0.1, 0.15) is 11.8 Å². The quantitative estimate of drug-likeness (QED) is 0.613. The van der Waals surface area contributed by atoms with Gasteiger partial charge in [-0.05, 0) is 24.6 Å². The van der Waals surface area contributed by atoms with Crippen molar-refractivity contribution >= 4 is 17.7 Å². The molecule has 0 heterocycles. The van der Waals surface area contributed by atoms with Gasteiger partial charge in [0.15, 0.2) is 0 Å². The number of carbonyl (C=O) groups excluding carboxylic acids is 3. The molecule has 0 radical (unpaired) electrons. The van der Waals surface area contributed by atoms with Crippen LogP contribution in [-0.4, -0.2) is 30.2 Å². The van der Waals surface area contributed by atoms with Crippen molar-refractivity contribution in [3.05, 3.63) is 35.4 Å². The number of carboxylic acid groups (broad SMARTS) is 1. The molecule has 0 aliphatic heterocycles. The second-order valence-corrected chi connectivity index (χ2v) is 4.30. The molecule has 102 valence electrons. The highest BCUT2D eigenvalue weighted by Crippen LogP contribution is 2.06. The van der Waals surface area contributed by atoms with Crippen molar-refractivity contribution < 1.29 is 25.2 Å². The lowest BCUT2D eigenvalue weighted by Crippen LogP contribution is -2.69. The number of aliphatic carboxylic acids is 1. The number of nitrogens with one attached hydrogen (secondary N) is 1. The summed E-state index contributed by atoms with van der Waals surface area (Å²) in [4.78, 5) is 32.9. The van der Waals surface area contributed by atoms with E-state index in [9.17, 15) is 19.5 Å². The van der Waals surface area contributed by atoms with Crippen molar-refractivity contribution in [2.24, 2.45) is 0 Å². The number of hydrogen-bond acceptors (Lipinski definition) is 4. The molecule has 0 unspecified atom stereocenters. The predicted molar refractivity (Wildman–Crippen MR) is 64.8 cm³/mol. The SMILES string of the molecule is CC(=O)CNC(=O)c1ccc(C[C@H]([NH3+])C(=O)[O-])cc1. The second-order valence-electron chi connectivity index (χ2n) is 4.30. The zero-order chi connectivity index (χ0) is 14.4. The molecule has 6 heteroatoms. The summed E-state index contributed by atoms with van der Waals surface area (Å²) in [5.74, 6) is -1.67. The van der Waals surface area contributed by atoms with Gasteiger partial charge in [0.25, 0.3) is 5.91 Å². The highest BCUT2D eigenvalue weighted by atomic mass is 16.4. The molecule has 0 bridgehead atoms. The van der Waals surface area contributed by atoms with Crippen LogP contribution < -0.4 is 16.2 Å². The highest BCUT2D eigenvalue weighted by molar-refractivity contribution is 5.96. The normalized spacial score (nSPS) is 11.7. The number of ketones is 1. The van der Waals surface area contributed by atoms with Crippen molar-refractivity contribution in [3.8, 4) is 0 Å². The molecule has 4 N–H and O–H groups in total. The number of rotatable bonds is 6. The average molecular weight is 264 g/mol. The Bertz CT molecular complexity index is 482. The molecule has 0 saturated heterocycles.